The SMILES string of the molecule is COC(=O)[C@@H]1C[C@H](Oc2cc(F)cc(C[C@H]3CC[C@](c4ccccc4)(N(C)C)CC3)c2F)CN1C(=O)OC(C)(C)C. The van der Waals surface area contributed by atoms with E-state index in [0.29, 0.717) is 6.42 Å². The number of carbonyl (C=O) groups is 2. The Morgan fingerprint density at radius 3 is 2.32 bits per heavy atom. The Balaban J connectivity index is 1.46. The highest BCUT2D eigenvalue weighted by Crippen LogP contribution is 2.44. The molecule has 1 aliphatic heterocycles. The monoisotopic (exact) mass is 572 g/mol. The molecule has 1 heterocycles. The summed E-state index contributed by atoms with van der Waals surface area (Å²) in [5.74, 6) is -1.84. The van der Waals surface area contributed by atoms with Crippen LogP contribution in [-0.2, 0) is 26.2 Å². The van der Waals surface area contributed by atoms with Crippen LogP contribution in [0, 0.1) is 17.6 Å². The molecule has 1 aliphatic carbocycles. The first-order valence-electron chi connectivity index (χ1n) is 14.3. The number of likely N-dealkylation sites (tertiary alicyclic amines) is 1. The molecule has 2 atom stereocenters. The van der Waals surface area contributed by atoms with Gasteiger partial charge in [0, 0.05) is 18.0 Å². The van der Waals surface area contributed by atoms with E-state index in [-0.39, 0.29) is 35.7 Å². The largest absolute Gasteiger partial charge is 0.485 e. The molecule has 1 saturated heterocycles. The van der Waals surface area contributed by atoms with Crippen molar-refractivity contribution in [1.29, 1.82) is 0 Å². The second-order valence-corrected chi connectivity index (χ2v) is 12.5. The summed E-state index contributed by atoms with van der Waals surface area (Å²) in [5.41, 5.74) is 0.699. The van der Waals surface area contributed by atoms with Crippen molar-refractivity contribution in [2.45, 2.75) is 82.6 Å². The summed E-state index contributed by atoms with van der Waals surface area (Å²) in [6.07, 6.45) is 2.65. The summed E-state index contributed by atoms with van der Waals surface area (Å²) in [5, 5.41) is 0. The van der Waals surface area contributed by atoms with E-state index in [4.69, 9.17) is 14.2 Å². The topological polar surface area (TPSA) is 68.3 Å². The minimum Gasteiger partial charge on any atom is -0.485 e. The molecule has 0 radical (unpaired) electrons. The predicted molar refractivity (Wildman–Crippen MR) is 152 cm³/mol. The van der Waals surface area contributed by atoms with Crippen molar-refractivity contribution in [3.63, 3.8) is 0 Å². The fraction of sp³-hybridized carbons (Fsp3) is 0.562. The van der Waals surface area contributed by atoms with Crippen LogP contribution in [0.2, 0.25) is 0 Å². The van der Waals surface area contributed by atoms with Gasteiger partial charge in [-0.1, -0.05) is 30.3 Å². The normalized spacial score (nSPS) is 24.8. The predicted octanol–water partition coefficient (Wildman–Crippen LogP) is 6.08. The molecule has 0 aromatic heterocycles. The third-order valence-electron chi connectivity index (χ3n) is 8.35. The van der Waals surface area contributed by atoms with Gasteiger partial charge in [0.15, 0.2) is 11.6 Å². The zero-order valence-corrected chi connectivity index (χ0v) is 24.9. The summed E-state index contributed by atoms with van der Waals surface area (Å²) >= 11 is 0. The molecule has 0 spiro atoms. The molecule has 9 heteroatoms. The van der Waals surface area contributed by atoms with Crippen LogP contribution < -0.4 is 4.74 Å². The van der Waals surface area contributed by atoms with Crippen LogP contribution in [-0.4, -0.2) is 67.4 Å². The van der Waals surface area contributed by atoms with Gasteiger partial charge in [-0.3, -0.25) is 9.80 Å². The van der Waals surface area contributed by atoms with Crippen molar-refractivity contribution >= 4 is 12.1 Å². The first-order chi connectivity index (χ1) is 19.3. The van der Waals surface area contributed by atoms with Crippen molar-refractivity contribution in [3.05, 3.63) is 65.2 Å². The second kappa shape index (κ2) is 12.3. The molecule has 0 N–H and O–H groups in total. The van der Waals surface area contributed by atoms with Crippen molar-refractivity contribution in [2.75, 3.05) is 27.7 Å². The van der Waals surface area contributed by atoms with E-state index in [0.717, 1.165) is 31.7 Å². The highest BCUT2D eigenvalue weighted by atomic mass is 19.1. The van der Waals surface area contributed by atoms with Gasteiger partial charge in [0.1, 0.15) is 23.6 Å². The van der Waals surface area contributed by atoms with E-state index >= 15 is 4.39 Å². The minimum absolute atomic E-state index is 0.0192. The maximum atomic E-state index is 15.7. The molecule has 0 bridgehead atoms. The number of hydrogen-bond acceptors (Lipinski definition) is 6. The highest BCUT2D eigenvalue weighted by Gasteiger charge is 2.44. The molecule has 7 nitrogen and oxygen atoms in total. The van der Waals surface area contributed by atoms with Crippen LogP contribution in [0.3, 0.4) is 0 Å². The lowest BCUT2D eigenvalue weighted by atomic mass is 9.70. The van der Waals surface area contributed by atoms with Gasteiger partial charge in [-0.2, -0.15) is 0 Å². The number of amides is 1. The van der Waals surface area contributed by atoms with Crippen LogP contribution in [0.5, 0.6) is 5.75 Å². The highest BCUT2D eigenvalue weighted by molar-refractivity contribution is 5.82. The van der Waals surface area contributed by atoms with Crippen LogP contribution in [0.4, 0.5) is 13.6 Å². The van der Waals surface area contributed by atoms with Gasteiger partial charge in [0.2, 0.25) is 0 Å². The third kappa shape index (κ3) is 7.00. The van der Waals surface area contributed by atoms with Gasteiger partial charge in [-0.15, -0.1) is 0 Å². The standard InChI is InChI=1S/C32H42F2N2O5/c1-31(2,3)41-30(38)36-20-25(19-26(36)29(37)39-6)40-27-18-24(33)17-22(28(27)34)16-21-12-14-32(15-13-21,35(4)5)23-10-8-7-9-11-23/h7-11,17-18,21,25-26H,12-16,19-20H2,1-6H3/t21-,25-,26-,32-/m0/s1. The molecule has 1 amide bonds. The van der Waals surface area contributed by atoms with Crippen LogP contribution in [0.1, 0.15) is 64.0 Å². The summed E-state index contributed by atoms with van der Waals surface area (Å²) < 4.78 is 46.6. The van der Waals surface area contributed by atoms with Gasteiger partial charge in [-0.05, 0) is 90.1 Å². The van der Waals surface area contributed by atoms with Crippen molar-refractivity contribution in [2.24, 2.45) is 5.92 Å². The zero-order valence-electron chi connectivity index (χ0n) is 24.9. The smallest absolute Gasteiger partial charge is 0.411 e. The van der Waals surface area contributed by atoms with Gasteiger partial charge < -0.3 is 14.2 Å². The fourth-order valence-electron chi connectivity index (χ4n) is 6.21. The first-order valence-corrected chi connectivity index (χ1v) is 14.3. The number of hydrogen-bond donors (Lipinski definition) is 0. The average molecular weight is 573 g/mol. The fourth-order valence-corrected chi connectivity index (χ4v) is 6.21. The van der Waals surface area contributed by atoms with Crippen LogP contribution >= 0.6 is 0 Å². The van der Waals surface area contributed by atoms with Crippen LogP contribution in [0.15, 0.2) is 42.5 Å². The van der Waals surface area contributed by atoms with Gasteiger partial charge in [0.05, 0.1) is 13.7 Å². The summed E-state index contributed by atoms with van der Waals surface area (Å²) in [6.45, 7) is 5.15. The molecular formula is C32H42F2N2O5. The summed E-state index contributed by atoms with van der Waals surface area (Å²) in [4.78, 5) is 28.7. The lowest BCUT2D eigenvalue weighted by Crippen LogP contribution is -2.44. The number of halogens is 2. The Morgan fingerprint density at radius 1 is 1.07 bits per heavy atom. The average Bonchev–Trinajstić information content (AvgIpc) is 3.35. The number of ether oxygens (including phenoxy) is 3. The molecule has 2 aromatic rings. The van der Waals surface area contributed by atoms with E-state index in [1.165, 1.54) is 23.6 Å². The Morgan fingerprint density at radius 2 is 1.73 bits per heavy atom. The van der Waals surface area contributed by atoms with Gasteiger partial charge in [-0.25, -0.2) is 18.4 Å². The molecule has 2 aromatic carbocycles. The summed E-state index contributed by atoms with van der Waals surface area (Å²) in [7, 11) is 5.43. The Hall–Kier alpha value is -3.20. The molecule has 0 unspecified atom stereocenters. The van der Waals surface area contributed by atoms with E-state index in [2.05, 4.69) is 43.3 Å². The number of esters is 1. The molecular weight excluding hydrogens is 530 g/mol. The van der Waals surface area contributed by atoms with Crippen molar-refractivity contribution in [3.8, 4) is 5.75 Å². The number of benzene rings is 2. The number of methoxy groups -OCH3 is 1. The minimum atomic E-state index is -0.945. The molecule has 1 saturated carbocycles. The van der Waals surface area contributed by atoms with Crippen LogP contribution in [0.25, 0.3) is 0 Å². The van der Waals surface area contributed by atoms with E-state index in [1.54, 1.807) is 20.8 Å². The Bertz CT molecular complexity index is 1220. The van der Waals surface area contributed by atoms with Crippen molar-refractivity contribution in [1.82, 2.24) is 9.80 Å². The van der Waals surface area contributed by atoms with E-state index in [9.17, 15) is 14.0 Å². The number of rotatable bonds is 7. The quantitative estimate of drug-likeness (QED) is 0.375. The molecule has 224 valence electrons. The molecule has 2 aliphatic rings. The third-order valence-corrected chi connectivity index (χ3v) is 8.35. The zero-order chi connectivity index (χ0) is 29.9. The maximum Gasteiger partial charge on any atom is 0.411 e. The summed E-state index contributed by atoms with van der Waals surface area (Å²) in [6, 6.07) is 11.8. The number of nitrogens with zero attached hydrogens (tertiary/aromatic N) is 2. The van der Waals surface area contributed by atoms with Gasteiger partial charge >= 0.3 is 12.1 Å². The van der Waals surface area contributed by atoms with Crippen molar-refractivity contribution < 1.29 is 32.6 Å². The van der Waals surface area contributed by atoms with E-state index < -0.39 is 41.4 Å². The number of carbonyl (C=O) groups excluding carboxylic acids is 2. The molecule has 4 rings (SSSR count). The maximum absolute atomic E-state index is 15.7. The lowest BCUT2D eigenvalue weighted by Gasteiger charge is -2.45. The Kier molecular flexibility index (Phi) is 9.26. The van der Waals surface area contributed by atoms with E-state index in [1.807, 2.05) is 6.07 Å². The second-order valence-electron chi connectivity index (χ2n) is 12.5. The lowest BCUT2D eigenvalue weighted by molar-refractivity contribution is -0.145. The molecule has 2 fully saturated rings. The first kappa shape index (κ1) is 30.8. The Labute approximate surface area is 241 Å². The van der Waals surface area contributed by atoms with Gasteiger partial charge in [0.25, 0.3) is 0 Å². The molecule has 41 heavy (non-hydrogen) atoms.